The number of carbonyl (C=O) groups excluding carboxylic acids is 3. The van der Waals surface area contributed by atoms with Crippen LogP contribution in [0.2, 0.25) is 5.02 Å². The van der Waals surface area contributed by atoms with Crippen LogP contribution in [-0.4, -0.2) is 40.9 Å². The lowest BCUT2D eigenvalue weighted by Gasteiger charge is -2.33. The van der Waals surface area contributed by atoms with Crippen molar-refractivity contribution in [1.82, 2.24) is 4.90 Å². The molecule has 1 aromatic rings. The zero-order valence-electron chi connectivity index (χ0n) is 16.4. The quantitative estimate of drug-likeness (QED) is 0.678. The van der Waals surface area contributed by atoms with E-state index in [1.165, 1.54) is 23.3 Å². The largest absolute Gasteiger partial charge is 0.462 e. The van der Waals surface area contributed by atoms with Gasteiger partial charge in [-0.25, -0.2) is 0 Å². The lowest BCUT2D eigenvalue weighted by atomic mass is 9.68. The van der Waals surface area contributed by atoms with E-state index in [0.717, 1.165) is 0 Å². The Hall–Kier alpha value is -3.31. The molecule has 0 radical (unpaired) electrons. The lowest BCUT2D eigenvalue weighted by Crippen LogP contribution is -2.46. The van der Waals surface area contributed by atoms with E-state index in [9.17, 15) is 19.6 Å². The Morgan fingerprint density at radius 2 is 1.87 bits per heavy atom. The van der Waals surface area contributed by atoms with Crippen LogP contribution in [0.1, 0.15) is 25.3 Å². The smallest absolute Gasteiger partial charge is 0.329 e. The highest BCUT2D eigenvalue weighted by atomic mass is 35.5. The first-order valence-corrected chi connectivity index (χ1v) is 9.65. The molecule has 2 heterocycles. The molecule has 0 unspecified atom stereocenters. The second-order valence-corrected chi connectivity index (χ2v) is 7.95. The van der Waals surface area contributed by atoms with Crippen molar-refractivity contribution in [2.24, 2.45) is 16.9 Å². The summed E-state index contributed by atoms with van der Waals surface area (Å²) in [6.45, 7) is 3.33. The average molecular weight is 429 g/mol. The number of fused-ring (bicyclic) bond motifs is 1. The normalized spacial score (nSPS) is 27.2. The molecule has 1 aromatic carbocycles. The molecule has 30 heavy (non-hydrogen) atoms. The van der Waals surface area contributed by atoms with Gasteiger partial charge in [0, 0.05) is 17.1 Å². The van der Waals surface area contributed by atoms with Crippen molar-refractivity contribution in [3.63, 3.8) is 0 Å². The molecule has 0 spiro atoms. The molecule has 9 heteroatoms. The first-order valence-electron chi connectivity index (χ1n) is 9.27. The van der Waals surface area contributed by atoms with Gasteiger partial charge in [0.1, 0.15) is 6.04 Å². The number of nitrogens with two attached hydrogens (primary N) is 2. The Labute approximate surface area is 178 Å². The van der Waals surface area contributed by atoms with E-state index in [1.807, 2.05) is 0 Å². The molecule has 1 saturated heterocycles. The Balaban J connectivity index is 2.28. The monoisotopic (exact) mass is 428 g/mol. The summed E-state index contributed by atoms with van der Waals surface area (Å²) in [7, 11) is 0. The topological polar surface area (TPSA) is 140 Å². The van der Waals surface area contributed by atoms with Crippen molar-refractivity contribution in [2.75, 3.05) is 0 Å². The number of nitriles is 1. The number of hydrogen-bond donors (Lipinski definition) is 2. The van der Waals surface area contributed by atoms with Gasteiger partial charge < -0.3 is 21.1 Å². The van der Waals surface area contributed by atoms with Crippen LogP contribution in [-0.2, 0) is 19.1 Å². The van der Waals surface area contributed by atoms with Crippen LogP contribution in [0, 0.1) is 16.7 Å². The summed E-state index contributed by atoms with van der Waals surface area (Å²) >= 11 is 6.00. The van der Waals surface area contributed by atoms with Crippen molar-refractivity contribution >= 4 is 29.4 Å². The van der Waals surface area contributed by atoms with E-state index in [2.05, 4.69) is 6.07 Å². The van der Waals surface area contributed by atoms with Crippen LogP contribution in [0.15, 0.2) is 48.2 Å². The van der Waals surface area contributed by atoms with E-state index in [-0.39, 0.29) is 5.57 Å². The molecule has 0 bridgehead atoms. The highest BCUT2D eigenvalue weighted by Crippen LogP contribution is 2.53. The van der Waals surface area contributed by atoms with Gasteiger partial charge in [0.25, 0.3) is 0 Å². The van der Waals surface area contributed by atoms with Gasteiger partial charge >= 0.3 is 5.97 Å². The van der Waals surface area contributed by atoms with Crippen molar-refractivity contribution in [2.45, 2.75) is 38.0 Å². The first-order chi connectivity index (χ1) is 14.1. The minimum atomic E-state index is -1.80. The van der Waals surface area contributed by atoms with E-state index in [4.69, 9.17) is 27.8 Å². The number of benzene rings is 1. The van der Waals surface area contributed by atoms with Crippen molar-refractivity contribution in [1.29, 1.82) is 5.26 Å². The maximum atomic E-state index is 13.3. The number of nitrogens with zero attached hydrogens (tertiary/aromatic N) is 2. The maximum absolute atomic E-state index is 13.3. The standard InChI is InChI=1S/C21H21ClN4O4/c1-11(2)30-20(29)21(10-23)15-8-5-13(18(24)27)9-26(15)17(19(25)28)16(21)12-3-6-14(22)7-4-12/h3-9,11,15-17H,1-2H3,(H2,24,27)(H2,25,28)/t15-,16+,17+,21-/m0/s1. The summed E-state index contributed by atoms with van der Waals surface area (Å²) in [5.41, 5.74) is 9.95. The van der Waals surface area contributed by atoms with Crippen LogP contribution in [0.4, 0.5) is 0 Å². The summed E-state index contributed by atoms with van der Waals surface area (Å²) in [4.78, 5) is 39.0. The second-order valence-electron chi connectivity index (χ2n) is 7.51. The van der Waals surface area contributed by atoms with E-state index < -0.39 is 47.3 Å². The van der Waals surface area contributed by atoms with Gasteiger partial charge in [0.05, 0.1) is 23.8 Å². The third kappa shape index (κ3) is 3.31. The Morgan fingerprint density at radius 1 is 1.23 bits per heavy atom. The molecular weight excluding hydrogens is 408 g/mol. The van der Waals surface area contributed by atoms with Gasteiger partial charge in [0.15, 0.2) is 5.41 Å². The van der Waals surface area contributed by atoms with Crippen LogP contribution < -0.4 is 11.5 Å². The fourth-order valence-electron chi connectivity index (χ4n) is 4.14. The highest BCUT2D eigenvalue weighted by molar-refractivity contribution is 6.30. The van der Waals surface area contributed by atoms with Gasteiger partial charge in [-0.2, -0.15) is 5.26 Å². The zero-order chi connectivity index (χ0) is 22.2. The van der Waals surface area contributed by atoms with E-state index >= 15 is 0 Å². The SMILES string of the molecule is CC(C)OC(=O)[C@]1(C#N)[C@H](c2ccc(Cl)cc2)[C@H](C(N)=O)N2C=C(C(N)=O)C=C[C@H]21. The molecule has 8 nitrogen and oxygen atoms in total. The molecule has 2 aliphatic rings. The molecule has 3 rings (SSSR count). The van der Waals surface area contributed by atoms with Gasteiger partial charge in [-0.15, -0.1) is 0 Å². The van der Waals surface area contributed by atoms with Gasteiger partial charge in [-0.1, -0.05) is 29.8 Å². The molecule has 4 N–H and O–H groups in total. The Bertz CT molecular complexity index is 995. The molecule has 4 atom stereocenters. The summed E-state index contributed by atoms with van der Waals surface area (Å²) in [6, 6.07) is 6.60. The highest BCUT2D eigenvalue weighted by Gasteiger charge is 2.66. The molecule has 2 amide bonds. The lowest BCUT2D eigenvalue weighted by molar-refractivity contribution is -0.157. The van der Waals surface area contributed by atoms with Gasteiger partial charge in [0.2, 0.25) is 11.8 Å². The Kier molecular flexibility index (Phi) is 5.59. The number of esters is 1. The fourth-order valence-corrected chi connectivity index (χ4v) is 4.26. The molecular formula is C21H21ClN4O4. The van der Waals surface area contributed by atoms with E-state index in [0.29, 0.717) is 10.6 Å². The molecule has 156 valence electrons. The molecule has 0 aliphatic carbocycles. The zero-order valence-corrected chi connectivity index (χ0v) is 17.2. The number of amides is 2. The minimum Gasteiger partial charge on any atom is -0.462 e. The maximum Gasteiger partial charge on any atom is 0.329 e. The predicted octanol–water partition coefficient (Wildman–Crippen LogP) is 1.36. The Morgan fingerprint density at radius 3 is 2.37 bits per heavy atom. The third-order valence-electron chi connectivity index (χ3n) is 5.33. The number of halogens is 1. The van der Waals surface area contributed by atoms with Crippen molar-refractivity contribution in [3.8, 4) is 6.07 Å². The predicted molar refractivity (Wildman–Crippen MR) is 108 cm³/mol. The van der Waals surface area contributed by atoms with Crippen molar-refractivity contribution < 1.29 is 19.1 Å². The van der Waals surface area contributed by atoms with Crippen molar-refractivity contribution in [3.05, 3.63) is 58.8 Å². The van der Waals surface area contributed by atoms with Gasteiger partial charge in [-0.05, 0) is 37.6 Å². The summed E-state index contributed by atoms with van der Waals surface area (Å²) in [5, 5.41) is 10.7. The summed E-state index contributed by atoms with van der Waals surface area (Å²) in [6.07, 6.45) is 3.82. The summed E-state index contributed by atoms with van der Waals surface area (Å²) in [5.74, 6) is -3.22. The van der Waals surface area contributed by atoms with Crippen LogP contribution in [0.5, 0.6) is 0 Å². The number of primary amides is 2. The molecule has 2 aliphatic heterocycles. The first kappa shape index (κ1) is 21.4. The second kappa shape index (κ2) is 7.84. The van der Waals surface area contributed by atoms with Gasteiger partial charge in [-0.3, -0.25) is 14.4 Å². The third-order valence-corrected chi connectivity index (χ3v) is 5.58. The van der Waals surface area contributed by atoms with E-state index in [1.54, 1.807) is 38.1 Å². The number of hydrogen-bond acceptors (Lipinski definition) is 6. The average Bonchev–Trinajstić information content (AvgIpc) is 2.98. The number of carbonyl (C=O) groups is 3. The summed E-state index contributed by atoms with van der Waals surface area (Å²) < 4.78 is 5.44. The van der Waals surface area contributed by atoms with Crippen LogP contribution in [0.25, 0.3) is 0 Å². The number of ether oxygens (including phenoxy) is 1. The molecule has 1 fully saturated rings. The fraction of sp³-hybridized carbons (Fsp3) is 0.333. The molecule has 0 aromatic heterocycles. The minimum absolute atomic E-state index is 0.123. The number of rotatable bonds is 5. The van der Waals surface area contributed by atoms with Crippen LogP contribution >= 0.6 is 11.6 Å². The van der Waals surface area contributed by atoms with Crippen LogP contribution in [0.3, 0.4) is 0 Å². The molecule has 0 saturated carbocycles.